The van der Waals surface area contributed by atoms with Gasteiger partial charge in [0.2, 0.25) is 17.7 Å². The van der Waals surface area contributed by atoms with Crippen LogP contribution in [0, 0.1) is 11.8 Å². The van der Waals surface area contributed by atoms with Crippen LogP contribution in [-0.2, 0) is 25.7 Å². The quantitative estimate of drug-likeness (QED) is 0.465. The third kappa shape index (κ3) is 4.70. The molecule has 1 spiro atoms. The smallest absolute Gasteiger partial charge is 0.246 e. The minimum atomic E-state index is -1.01. The Morgan fingerprint density at radius 1 is 1.11 bits per heavy atom. The molecule has 1 aromatic rings. The summed E-state index contributed by atoms with van der Waals surface area (Å²) in [4.78, 5) is 42.6. The van der Waals surface area contributed by atoms with Crippen LogP contribution in [-0.4, -0.2) is 63.7 Å². The summed E-state index contributed by atoms with van der Waals surface area (Å²) in [6, 6.07) is 8.89. The molecule has 3 aliphatic heterocycles. The van der Waals surface area contributed by atoms with Gasteiger partial charge in [-0.25, -0.2) is 0 Å². The Kier molecular flexibility index (Phi) is 6.99. The zero-order chi connectivity index (χ0) is 25.4. The van der Waals surface area contributed by atoms with Gasteiger partial charge >= 0.3 is 0 Å². The lowest BCUT2D eigenvalue weighted by atomic mass is 9.66. The number of fused-ring (bicyclic) bond motifs is 1. The van der Waals surface area contributed by atoms with Gasteiger partial charge in [-0.15, -0.1) is 0 Å². The van der Waals surface area contributed by atoms with E-state index < -0.39 is 34.6 Å². The first-order valence-corrected chi connectivity index (χ1v) is 12.8. The summed E-state index contributed by atoms with van der Waals surface area (Å²) < 4.78 is 6.61. The number of nitrogens with zero attached hydrogens (tertiary/aromatic N) is 1. The predicted molar refractivity (Wildman–Crippen MR) is 131 cm³/mol. The first kappa shape index (κ1) is 25.6. The number of nitrogens with one attached hydrogen (secondary N) is 2. The molecule has 35 heavy (non-hydrogen) atoms. The topological polar surface area (TPSA) is 108 Å². The molecule has 8 heteroatoms. The van der Waals surface area contributed by atoms with Gasteiger partial charge in [-0.05, 0) is 65.4 Å². The largest absolute Gasteiger partial charge is 0.396 e. The molecular weight excluding hydrogens is 446 g/mol. The molecule has 0 aliphatic carbocycles. The Balaban J connectivity index is 1.62. The second kappa shape index (κ2) is 9.54. The van der Waals surface area contributed by atoms with Crippen molar-refractivity contribution in [1.82, 2.24) is 15.5 Å². The van der Waals surface area contributed by atoms with Crippen molar-refractivity contribution in [1.29, 1.82) is 0 Å². The van der Waals surface area contributed by atoms with E-state index >= 15 is 0 Å². The molecule has 0 aromatic heterocycles. The number of aliphatic hydroxyl groups is 1. The summed E-state index contributed by atoms with van der Waals surface area (Å²) in [5.41, 5.74) is -1.28. The van der Waals surface area contributed by atoms with Crippen LogP contribution in [0.4, 0.5) is 0 Å². The number of likely N-dealkylation sites (tertiary alicyclic amines) is 1. The molecule has 3 fully saturated rings. The maximum atomic E-state index is 13.9. The number of rotatable bonds is 9. The predicted octanol–water partition coefficient (Wildman–Crippen LogP) is 2.14. The normalized spacial score (nSPS) is 31.5. The summed E-state index contributed by atoms with van der Waals surface area (Å²) in [6.45, 7) is 8.52. The van der Waals surface area contributed by atoms with Crippen molar-refractivity contribution >= 4 is 17.7 Å². The summed E-state index contributed by atoms with van der Waals surface area (Å²) in [5.74, 6) is -1.95. The number of ether oxygens (including phenoxy) is 1. The van der Waals surface area contributed by atoms with Gasteiger partial charge in [-0.2, -0.15) is 0 Å². The Bertz CT molecular complexity index is 961. The number of carbonyl (C=O) groups is 3. The summed E-state index contributed by atoms with van der Waals surface area (Å²) in [5, 5.41) is 15.2. The molecule has 3 saturated heterocycles. The SMILES string of the molecule is CC(C)(C)NC(=O)C1N(CCCCCO)C(=O)[C@@H]2[C@H](C(=O)NCc3ccccc3)[C@]3(C)CCC12O3. The second-order valence-corrected chi connectivity index (χ2v) is 11.5. The fourth-order valence-electron chi connectivity index (χ4n) is 6.27. The average Bonchev–Trinajstić information content (AvgIpc) is 3.35. The van der Waals surface area contributed by atoms with Crippen LogP contribution in [0.25, 0.3) is 0 Å². The van der Waals surface area contributed by atoms with Crippen LogP contribution in [0.1, 0.15) is 65.4 Å². The third-order valence-electron chi connectivity index (χ3n) is 7.67. The van der Waals surface area contributed by atoms with E-state index in [-0.39, 0.29) is 24.3 Å². The van der Waals surface area contributed by atoms with Gasteiger partial charge in [0.15, 0.2) is 0 Å². The minimum absolute atomic E-state index is 0.0968. The van der Waals surface area contributed by atoms with Crippen LogP contribution in [0.15, 0.2) is 30.3 Å². The molecule has 192 valence electrons. The molecule has 0 radical (unpaired) electrons. The Morgan fingerprint density at radius 2 is 1.83 bits per heavy atom. The molecule has 4 rings (SSSR count). The standard InChI is InChI=1S/C27H39N3O5/c1-25(2,3)29-23(33)21-27-14-13-26(4,35-27)19(22(32)28-17-18-11-7-5-8-12-18)20(27)24(34)30(21)15-9-6-10-16-31/h5,7-8,11-12,19-21,31H,6,9-10,13-17H2,1-4H3,(H,28,32)(H,29,33)/t19-,20+,21?,26+,27?/m1/s1. The van der Waals surface area contributed by atoms with Crippen molar-refractivity contribution in [3.8, 4) is 0 Å². The number of unbranched alkanes of at least 4 members (excludes halogenated alkanes) is 2. The van der Waals surface area contributed by atoms with E-state index in [1.165, 1.54) is 0 Å². The number of carbonyl (C=O) groups excluding carboxylic acids is 3. The van der Waals surface area contributed by atoms with Crippen molar-refractivity contribution in [3.05, 3.63) is 35.9 Å². The highest BCUT2D eigenvalue weighted by atomic mass is 16.5. The molecule has 3 N–H and O–H groups in total. The van der Waals surface area contributed by atoms with Crippen LogP contribution < -0.4 is 10.6 Å². The highest BCUT2D eigenvalue weighted by molar-refractivity contribution is 5.99. The monoisotopic (exact) mass is 485 g/mol. The molecule has 1 aromatic carbocycles. The van der Waals surface area contributed by atoms with Gasteiger partial charge in [0, 0.05) is 25.2 Å². The lowest BCUT2D eigenvalue weighted by Crippen LogP contribution is -2.58. The van der Waals surface area contributed by atoms with E-state index in [1.54, 1.807) is 4.90 Å². The Morgan fingerprint density at radius 3 is 2.49 bits per heavy atom. The van der Waals surface area contributed by atoms with Crippen molar-refractivity contribution in [2.24, 2.45) is 11.8 Å². The molecule has 3 aliphatic rings. The fraction of sp³-hybridized carbons (Fsp3) is 0.667. The van der Waals surface area contributed by atoms with Crippen molar-refractivity contribution < 1.29 is 24.2 Å². The lowest BCUT2D eigenvalue weighted by Gasteiger charge is -2.35. The maximum Gasteiger partial charge on any atom is 0.246 e. The highest BCUT2D eigenvalue weighted by Gasteiger charge is 2.77. The van der Waals surface area contributed by atoms with Gasteiger partial charge in [0.25, 0.3) is 0 Å². The first-order chi connectivity index (χ1) is 16.5. The molecular formula is C27H39N3O5. The average molecular weight is 486 g/mol. The fourth-order valence-corrected chi connectivity index (χ4v) is 6.27. The number of amides is 3. The molecule has 8 nitrogen and oxygen atoms in total. The number of aliphatic hydroxyl groups excluding tert-OH is 1. The van der Waals surface area contributed by atoms with E-state index in [4.69, 9.17) is 9.84 Å². The van der Waals surface area contributed by atoms with Crippen LogP contribution >= 0.6 is 0 Å². The summed E-state index contributed by atoms with van der Waals surface area (Å²) in [6.07, 6.45) is 3.27. The molecule has 0 saturated carbocycles. The maximum absolute atomic E-state index is 13.9. The Hall–Kier alpha value is -2.45. The van der Waals surface area contributed by atoms with Crippen molar-refractivity contribution in [2.75, 3.05) is 13.2 Å². The number of benzene rings is 1. The second-order valence-electron chi connectivity index (χ2n) is 11.5. The molecule has 3 heterocycles. The summed E-state index contributed by atoms with van der Waals surface area (Å²) in [7, 11) is 0. The third-order valence-corrected chi connectivity index (χ3v) is 7.67. The van der Waals surface area contributed by atoms with Crippen LogP contribution in [0.5, 0.6) is 0 Å². The van der Waals surface area contributed by atoms with E-state index in [9.17, 15) is 14.4 Å². The van der Waals surface area contributed by atoms with E-state index in [1.807, 2.05) is 58.0 Å². The number of hydrogen-bond donors (Lipinski definition) is 3. The van der Waals surface area contributed by atoms with E-state index in [2.05, 4.69) is 10.6 Å². The van der Waals surface area contributed by atoms with Gasteiger partial charge in [0.1, 0.15) is 11.6 Å². The first-order valence-electron chi connectivity index (χ1n) is 12.8. The van der Waals surface area contributed by atoms with Crippen LogP contribution in [0.2, 0.25) is 0 Å². The van der Waals surface area contributed by atoms with Gasteiger partial charge < -0.3 is 25.4 Å². The lowest BCUT2D eigenvalue weighted by molar-refractivity contribution is -0.146. The van der Waals surface area contributed by atoms with E-state index in [0.29, 0.717) is 38.8 Å². The van der Waals surface area contributed by atoms with Crippen molar-refractivity contribution in [2.45, 2.75) is 89.1 Å². The van der Waals surface area contributed by atoms with E-state index in [0.717, 1.165) is 12.0 Å². The summed E-state index contributed by atoms with van der Waals surface area (Å²) >= 11 is 0. The van der Waals surface area contributed by atoms with Crippen molar-refractivity contribution in [3.63, 3.8) is 0 Å². The number of hydrogen-bond acceptors (Lipinski definition) is 5. The van der Waals surface area contributed by atoms with Crippen LogP contribution in [0.3, 0.4) is 0 Å². The molecule has 3 amide bonds. The Labute approximate surface area is 207 Å². The molecule has 2 bridgehead atoms. The highest BCUT2D eigenvalue weighted by Crippen LogP contribution is 2.63. The van der Waals surface area contributed by atoms with Gasteiger partial charge in [0.05, 0.1) is 17.4 Å². The molecule has 2 unspecified atom stereocenters. The molecule has 5 atom stereocenters. The van der Waals surface area contributed by atoms with Gasteiger partial charge in [-0.3, -0.25) is 14.4 Å². The zero-order valence-corrected chi connectivity index (χ0v) is 21.3. The van der Waals surface area contributed by atoms with Gasteiger partial charge in [-0.1, -0.05) is 30.3 Å². The zero-order valence-electron chi connectivity index (χ0n) is 21.3. The minimum Gasteiger partial charge on any atom is -0.396 e.